The number of tetrazole rings is 1. The molecule has 0 atom stereocenters. The van der Waals surface area contributed by atoms with Crippen molar-refractivity contribution in [3.05, 3.63) is 41.7 Å². The minimum Gasteiger partial charge on any atom is -0.337 e. The van der Waals surface area contributed by atoms with Gasteiger partial charge in [-0.3, -0.25) is 4.79 Å². The minimum absolute atomic E-state index is 0.0378. The van der Waals surface area contributed by atoms with Crippen LogP contribution in [-0.2, 0) is 16.4 Å². The summed E-state index contributed by atoms with van der Waals surface area (Å²) in [5.74, 6) is -0.0597. The maximum Gasteiger partial charge on any atom is 0.253 e. The first-order valence-corrected chi connectivity index (χ1v) is 8.65. The van der Waals surface area contributed by atoms with E-state index in [1.165, 1.54) is 6.33 Å². The van der Waals surface area contributed by atoms with Gasteiger partial charge in [-0.15, -0.1) is 5.10 Å². The molecule has 1 aromatic heterocycles. The van der Waals surface area contributed by atoms with E-state index in [9.17, 15) is 13.2 Å². The Morgan fingerprint density at radius 1 is 1.14 bits per heavy atom. The van der Waals surface area contributed by atoms with Crippen LogP contribution in [0.3, 0.4) is 0 Å². The molecule has 1 fully saturated rings. The summed E-state index contributed by atoms with van der Waals surface area (Å²) < 4.78 is 24.4. The smallest absolute Gasteiger partial charge is 0.253 e. The van der Waals surface area contributed by atoms with Gasteiger partial charge in [0.1, 0.15) is 6.33 Å². The Morgan fingerprint density at radius 2 is 1.82 bits per heavy atom. The van der Waals surface area contributed by atoms with Gasteiger partial charge in [-0.1, -0.05) is 12.1 Å². The molecule has 0 spiro atoms. The minimum atomic E-state index is -2.98. The Morgan fingerprint density at radius 3 is 2.41 bits per heavy atom. The lowest BCUT2D eigenvalue weighted by atomic mass is 10.1. The summed E-state index contributed by atoms with van der Waals surface area (Å²) in [5, 5.41) is 10.9. The van der Waals surface area contributed by atoms with Gasteiger partial charge in [0.15, 0.2) is 9.84 Å². The van der Waals surface area contributed by atoms with Crippen LogP contribution in [0, 0.1) is 0 Å². The van der Waals surface area contributed by atoms with Gasteiger partial charge in [0.25, 0.3) is 5.91 Å². The van der Waals surface area contributed by atoms with E-state index in [1.807, 2.05) is 12.1 Å². The number of benzene rings is 1. The van der Waals surface area contributed by atoms with Gasteiger partial charge in [0.2, 0.25) is 0 Å². The average molecular weight is 321 g/mol. The standard InChI is InChI=1S/C13H15N5O3S/c19-13(17-5-7-22(20,21)8-6-17)12-3-1-11(2-4-12)9-18-10-14-15-16-18/h1-4,10H,5-9H2. The molecular weight excluding hydrogens is 306 g/mol. The molecule has 0 N–H and O–H groups in total. The predicted molar refractivity (Wildman–Crippen MR) is 77.9 cm³/mol. The van der Waals surface area contributed by atoms with Gasteiger partial charge in [-0.2, -0.15) is 0 Å². The number of carbonyl (C=O) groups is 1. The molecule has 9 heteroatoms. The number of rotatable bonds is 3. The third-order valence-corrected chi connectivity index (χ3v) is 5.18. The van der Waals surface area contributed by atoms with Crippen molar-refractivity contribution in [1.82, 2.24) is 25.1 Å². The molecule has 8 nitrogen and oxygen atoms in total. The van der Waals surface area contributed by atoms with Crippen LogP contribution in [0.25, 0.3) is 0 Å². The summed E-state index contributed by atoms with van der Waals surface area (Å²) in [5.41, 5.74) is 1.53. The molecule has 116 valence electrons. The molecule has 2 heterocycles. The zero-order valence-corrected chi connectivity index (χ0v) is 12.6. The molecule has 0 saturated carbocycles. The number of amides is 1. The van der Waals surface area contributed by atoms with Crippen LogP contribution in [0.2, 0.25) is 0 Å². The number of carbonyl (C=O) groups excluding carboxylic acids is 1. The van der Waals surface area contributed by atoms with Crippen molar-refractivity contribution in [2.75, 3.05) is 24.6 Å². The molecule has 2 aromatic rings. The average Bonchev–Trinajstić information content (AvgIpc) is 3.00. The highest BCUT2D eigenvalue weighted by Gasteiger charge is 2.25. The van der Waals surface area contributed by atoms with Crippen molar-refractivity contribution in [2.45, 2.75) is 6.54 Å². The number of hydrogen-bond donors (Lipinski definition) is 0. The number of aromatic nitrogens is 4. The quantitative estimate of drug-likeness (QED) is 0.762. The van der Waals surface area contributed by atoms with E-state index in [0.717, 1.165) is 5.56 Å². The van der Waals surface area contributed by atoms with Gasteiger partial charge < -0.3 is 4.90 Å². The fraction of sp³-hybridized carbons (Fsp3) is 0.385. The lowest BCUT2D eigenvalue weighted by Crippen LogP contribution is -2.43. The summed E-state index contributed by atoms with van der Waals surface area (Å²) in [4.78, 5) is 13.9. The first-order valence-electron chi connectivity index (χ1n) is 6.83. The summed E-state index contributed by atoms with van der Waals surface area (Å²) in [6, 6.07) is 7.17. The lowest BCUT2D eigenvalue weighted by molar-refractivity contribution is 0.0770. The number of nitrogens with zero attached hydrogens (tertiary/aromatic N) is 5. The van der Waals surface area contributed by atoms with Crippen LogP contribution in [0.4, 0.5) is 0 Å². The van der Waals surface area contributed by atoms with E-state index in [4.69, 9.17) is 0 Å². The van der Waals surface area contributed by atoms with Crippen molar-refractivity contribution in [3.8, 4) is 0 Å². The molecule has 1 amide bonds. The second-order valence-electron chi connectivity index (χ2n) is 5.15. The Balaban J connectivity index is 1.66. The van der Waals surface area contributed by atoms with Crippen LogP contribution < -0.4 is 0 Å². The van der Waals surface area contributed by atoms with Crippen molar-refractivity contribution >= 4 is 15.7 Å². The van der Waals surface area contributed by atoms with E-state index in [-0.39, 0.29) is 30.5 Å². The predicted octanol–water partition coefficient (Wildman–Crippen LogP) is -0.408. The maximum atomic E-state index is 12.3. The molecule has 1 aliphatic rings. The molecule has 1 saturated heterocycles. The van der Waals surface area contributed by atoms with Gasteiger partial charge in [0, 0.05) is 18.7 Å². The van der Waals surface area contributed by atoms with Gasteiger partial charge in [0.05, 0.1) is 18.1 Å². The summed E-state index contributed by atoms with van der Waals surface area (Å²) >= 11 is 0. The number of hydrogen-bond acceptors (Lipinski definition) is 6. The fourth-order valence-corrected chi connectivity index (χ4v) is 3.49. The highest BCUT2D eigenvalue weighted by molar-refractivity contribution is 7.91. The Bertz CT molecular complexity index is 741. The molecule has 1 aliphatic heterocycles. The first-order chi connectivity index (χ1) is 10.5. The zero-order chi connectivity index (χ0) is 15.6. The SMILES string of the molecule is O=C(c1ccc(Cn2cnnn2)cc1)N1CCS(=O)(=O)CC1. The summed E-state index contributed by atoms with van der Waals surface area (Å²) in [6.07, 6.45) is 1.52. The molecule has 0 aliphatic carbocycles. The molecule has 1 aromatic carbocycles. The normalized spacial score (nSPS) is 17.4. The first kappa shape index (κ1) is 14.6. The van der Waals surface area contributed by atoms with E-state index in [1.54, 1.807) is 21.7 Å². The summed E-state index contributed by atoms with van der Waals surface area (Å²) in [7, 11) is -2.98. The van der Waals surface area contributed by atoms with E-state index >= 15 is 0 Å². The van der Waals surface area contributed by atoms with Crippen LogP contribution in [-0.4, -0.2) is 64.0 Å². The molecule has 3 rings (SSSR count). The molecule has 0 unspecified atom stereocenters. The molecule has 22 heavy (non-hydrogen) atoms. The van der Waals surface area contributed by atoms with Crippen LogP contribution in [0.1, 0.15) is 15.9 Å². The second kappa shape index (κ2) is 5.84. The van der Waals surface area contributed by atoms with Gasteiger partial charge in [-0.25, -0.2) is 13.1 Å². The van der Waals surface area contributed by atoms with Crippen molar-refractivity contribution in [2.24, 2.45) is 0 Å². The fourth-order valence-electron chi connectivity index (χ4n) is 2.29. The van der Waals surface area contributed by atoms with E-state index in [2.05, 4.69) is 15.5 Å². The maximum absolute atomic E-state index is 12.3. The monoisotopic (exact) mass is 321 g/mol. The van der Waals surface area contributed by atoms with E-state index in [0.29, 0.717) is 12.1 Å². The summed E-state index contributed by atoms with van der Waals surface area (Å²) in [6.45, 7) is 1.05. The molecular formula is C13H15N5O3S. The van der Waals surface area contributed by atoms with Crippen LogP contribution in [0.5, 0.6) is 0 Å². The van der Waals surface area contributed by atoms with Crippen molar-refractivity contribution < 1.29 is 13.2 Å². The molecule has 0 radical (unpaired) electrons. The Labute approximate surface area is 127 Å². The van der Waals surface area contributed by atoms with Crippen LogP contribution >= 0.6 is 0 Å². The third kappa shape index (κ3) is 3.30. The van der Waals surface area contributed by atoms with Crippen molar-refractivity contribution in [3.63, 3.8) is 0 Å². The Hall–Kier alpha value is -2.29. The second-order valence-corrected chi connectivity index (χ2v) is 7.45. The van der Waals surface area contributed by atoms with E-state index < -0.39 is 9.84 Å². The lowest BCUT2D eigenvalue weighted by Gasteiger charge is -2.26. The van der Waals surface area contributed by atoms with Gasteiger partial charge >= 0.3 is 0 Å². The van der Waals surface area contributed by atoms with Crippen molar-refractivity contribution in [1.29, 1.82) is 0 Å². The Kier molecular flexibility index (Phi) is 3.88. The van der Waals surface area contributed by atoms with Gasteiger partial charge in [-0.05, 0) is 28.1 Å². The third-order valence-electron chi connectivity index (χ3n) is 3.57. The molecule has 0 bridgehead atoms. The largest absolute Gasteiger partial charge is 0.337 e. The number of sulfone groups is 1. The van der Waals surface area contributed by atoms with Crippen LogP contribution in [0.15, 0.2) is 30.6 Å². The zero-order valence-electron chi connectivity index (χ0n) is 11.8. The highest BCUT2D eigenvalue weighted by atomic mass is 32.2. The topological polar surface area (TPSA) is 98.1 Å². The highest BCUT2D eigenvalue weighted by Crippen LogP contribution is 2.12.